The van der Waals surface area contributed by atoms with Gasteiger partial charge in [-0.3, -0.25) is 9.59 Å². The van der Waals surface area contributed by atoms with E-state index in [-0.39, 0.29) is 17.9 Å². The van der Waals surface area contributed by atoms with Crippen molar-refractivity contribution < 1.29 is 14.3 Å². The Hall–Kier alpha value is -2.38. The molecule has 0 fully saturated rings. The Kier molecular flexibility index (Phi) is 8.29. The topological polar surface area (TPSA) is 70.7 Å². The fraction of sp³-hybridized carbons (Fsp3) is 0.400. The second-order valence-electron chi connectivity index (χ2n) is 6.40. The molecule has 0 aliphatic carbocycles. The quantitative estimate of drug-likeness (QED) is 0.613. The Morgan fingerprint density at radius 2 is 2.00 bits per heavy atom. The number of benzene rings is 1. The fourth-order valence-electron chi connectivity index (χ4n) is 2.69. The Balaban J connectivity index is 1.74. The van der Waals surface area contributed by atoms with Gasteiger partial charge >= 0.3 is 0 Å². The van der Waals surface area contributed by atoms with Gasteiger partial charge in [-0.2, -0.15) is 0 Å². The highest BCUT2D eigenvalue weighted by atomic mass is 32.1. The number of nitrogens with one attached hydrogen (secondary N) is 2. The number of methoxy groups -OCH3 is 1. The van der Waals surface area contributed by atoms with Crippen molar-refractivity contribution >= 4 is 23.2 Å². The molecule has 0 spiro atoms. The normalized spacial score (nSPS) is 11.9. The van der Waals surface area contributed by atoms with E-state index in [9.17, 15) is 9.59 Å². The summed E-state index contributed by atoms with van der Waals surface area (Å²) in [5.74, 6) is 0.693. The maximum absolute atomic E-state index is 12.1. The van der Waals surface area contributed by atoms with Crippen LogP contribution in [0.5, 0.6) is 5.75 Å². The van der Waals surface area contributed by atoms with Crippen molar-refractivity contribution in [3.63, 3.8) is 0 Å². The van der Waals surface area contributed by atoms with E-state index in [1.54, 1.807) is 13.2 Å². The summed E-state index contributed by atoms with van der Waals surface area (Å²) in [5.41, 5.74) is 1.09. The van der Waals surface area contributed by atoms with Crippen molar-refractivity contribution in [3.8, 4) is 5.75 Å². The molecule has 0 saturated heterocycles. The predicted molar refractivity (Wildman–Crippen MR) is 108 cm³/mol. The van der Waals surface area contributed by atoms with Gasteiger partial charge in [0.1, 0.15) is 5.75 Å². The van der Waals surface area contributed by atoms with Crippen molar-refractivity contribution in [1.29, 1.82) is 0 Å². The zero-order valence-corrected chi connectivity index (χ0v) is 16.8. The van der Waals surface area contributed by atoms with Crippen LogP contribution in [0, 0.1) is 0 Å². The molecule has 1 heterocycles. The van der Waals surface area contributed by atoms with Crippen LogP contribution in [0.2, 0.25) is 0 Å². The number of hydrogen-bond donors (Lipinski definition) is 2. The summed E-state index contributed by atoms with van der Waals surface area (Å²) in [6, 6.07) is 11.5. The first-order valence-electron chi connectivity index (χ1n) is 8.90. The first kappa shape index (κ1) is 20.9. The molecule has 1 aromatic carbocycles. The molecule has 1 unspecified atom stereocenters. The number of carbonyl (C=O) groups excluding carboxylic acids is 2. The third-order valence-corrected chi connectivity index (χ3v) is 5.07. The van der Waals surface area contributed by atoms with E-state index in [0.717, 1.165) is 11.3 Å². The molecular weight excluding hydrogens is 362 g/mol. The number of thiophene rings is 1. The molecule has 1 aromatic heterocycles. The minimum Gasteiger partial charge on any atom is -0.497 e. The second-order valence-corrected chi connectivity index (χ2v) is 7.34. The van der Waals surface area contributed by atoms with Gasteiger partial charge in [0.25, 0.3) is 5.91 Å². The highest BCUT2D eigenvalue weighted by molar-refractivity contribution is 7.12. The van der Waals surface area contributed by atoms with Gasteiger partial charge in [0, 0.05) is 19.5 Å². The monoisotopic (exact) mass is 389 g/mol. The minimum absolute atomic E-state index is 0.0184. The summed E-state index contributed by atoms with van der Waals surface area (Å²) in [5, 5.41) is 7.68. The highest BCUT2D eigenvalue weighted by Crippen LogP contribution is 2.22. The van der Waals surface area contributed by atoms with Gasteiger partial charge in [0.15, 0.2) is 0 Å². The zero-order chi connectivity index (χ0) is 19.6. The van der Waals surface area contributed by atoms with E-state index in [1.165, 1.54) is 11.3 Å². The van der Waals surface area contributed by atoms with E-state index in [2.05, 4.69) is 15.5 Å². The van der Waals surface area contributed by atoms with Gasteiger partial charge in [0.2, 0.25) is 5.91 Å². The van der Waals surface area contributed by atoms with E-state index in [0.29, 0.717) is 30.8 Å². The van der Waals surface area contributed by atoms with Gasteiger partial charge < -0.3 is 20.3 Å². The van der Waals surface area contributed by atoms with Crippen LogP contribution in [0.15, 0.2) is 41.8 Å². The zero-order valence-electron chi connectivity index (χ0n) is 16.0. The molecule has 0 aliphatic heterocycles. The number of hydrogen-bond acceptors (Lipinski definition) is 5. The number of ether oxygens (including phenoxy) is 1. The molecule has 1 atom stereocenters. The van der Waals surface area contributed by atoms with E-state index in [1.807, 2.05) is 49.8 Å². The number of nitrogens with zero attached hydrogens (tertiary/aromatic N) is 1. The van der Waals surface area contributed by atoms with E-state index < -0.39 is 0 Å². The molecule has 0 saturated carbocycles. The number of amides is 2. The maximum atomic E-state index is 12.1. The van der Waals surface area contributed by atoms with Crippen LogP contribution < -0.4 is 15.4 Å². The lowest BCUT2D eigenvalue weighted by molar-refractivity contribution is -0.121. The molecule has 0 radical (unpaired) electrons. The summed E-state index contributed by atoms with van der Waals surface area (Å²) in [4.78, 5) is 26.7. The molecule has 2 aromatic rings. The number of carbonyl (C=O) groups is 2. The van der Waals surface area contributed by atoms with Gasteiger partial charge in [-0.1, -0.05) is 18.2 Å². The lowest BCUT2D eigenvalue weighted by atomic mass is 10.1. The fourth-order valence-corrected chi connectivity index (χ4v) is 3.33. The lowest BCUT2D eigenvalue weighted by Gasteiger charge is -2.25. The first-order valence-corrected chi connectivity index (χ1v) is 9.78. The lowest BCUT2D eigenvalue weighted by Crippen LogP contribution is -2.35. The molecule has 2 amide bonds. The van der Waals surface area contributed by atoms with E-state index >= 15 is 0 Å². The van der Waals surface area contributed by atoms with Crippen LogP contribution in [-0.4, -0.2) is 51.0 Å². The average molecular weight is 390 g/mol. The molecule has 146 valence electrons. The third kappa shape index (κ3) is 6.69. The Labute approximate surface area is 164 Å². The minimum atomic E-state index is -0.0869. The van der Waals surface area contributed by atoms with Gasteiger partial charge in [-0.05, 0) is 49.7 Å². The summed E-state index contributed by atoms with van der Waals surface area (Å²) in [6.07, 6.45) is 0.984. The molecular formula is C20H27N3O3S. The summed E-state index contributed by atoms with van der Waals surface area (Å²) in [7, 11) is 5.61. The van der Waals surface area contributed by atoms with Crippen molar-refractivity contribution in [2.75, 3.05) is 34.3 Å². The van der Waals surface area contributed by atoms with Crippen LogP contribution in [0.3, 0.4) is 0 Å². The van der Waals surface area contributed by atoms with Gasteiger partial charge in [-0.15, -0.1) is 11.3 Å². The molecule has 7 heteroatoms. The largest absolute Gasteiger partial charge is 0.497 e. The summed E-state index contributed by atoms with van der Waals surface area (Å²) >= 11 is 1.40. The summed E-state index contributed by atoms with van der Waals surface area (Å²) < 4.78 is 5.28. The summed E-state index contributed by atoms with van der Waals surface area (Å²) in [6.45, 7) is 0.998. The molecule has 0 aliphatic rings. The smallest absolute Gasteiger partial charge is 0.261 e. The Morgan fingerprint density at radius 1 is 1.19 bits per heavy atom. The average Bonchev–Trinajstić information content (AvgIpc) is 3.20. The van der Waals surface area contributed by atoms with Crippen LogP contribution in [0.4, 0.5) is 0 Å². The van der Waals surface area contributed by atoms with Crippen LogP contribution in [0.25, 0.3) is 0 Å². The van der Waals surface area contributed by atoms with Gasteiger partial charge in [0.05, 0.1) is 18.0 Å². The molecule has 0 bridgehead atoms. The molecule has 2 N–H and O–H groups in total. The van der Waals surface area contributed by atoms with Crippen molar-refractivity contribution in [3.05, 3.63) is 52.2 Å². The molecule has 27 heavy (non-hydrogen) atoms. The van der Waals surface area contributed by atoms with E-state index in [4.69, 9.17) is 4.74 Å². The maximum Gasteiger partial charge on any atom is 0.261 e. The van der Waals surface area contributed by atoms with Crippen LogP contribution >= 0.6 is 11.3 Å². The predicted octanol–water partition coefficient (Wildman–Crippen LogP) is 2.69. The Bertz CT molecular complexity index is 732. The van der Waals surface area contributed by atoms with Crippen molar-refractivity contribution in [2.45, 2.75) is 18.9 Å². The second kappa shape index (κ2) is 10.7. The van der Waals surface area contributed by atoms with Crippen molar-refractivity contribution in [1.82, 2.24) is 15.5 Å². The first-order chi connectivity index (χ1) is 13.0. The van der Waals surface area contributed by atoms with Crippen LogP contribution in [-0.2, 0) is 4.79 Å². The SMILES string of the molecule is COc1cccc(C(CNC(=O)CCCNC(=O)c2cccs2)N(C)C)c1. The Morgan fingerprint density at radius 3 is 2.67 bits per heavy atom. The van der Waals surface area contributed by atoms with Crippen molar-refractivity contribution in [2.24, 2.45) is 0 Å². The standard InChI is InChI=1S/C20H27N3O3S/c1-23(2)17(15-7-4-8-16(13-15)26-3)14-22-19(24)10-5-11-21-20(25)18-9-6-12-27-18/h4,6-9,12-13,17H,5,10-11,14H2,1-3H3,(H,21,25)(H,22,24). The highest BCUT2D eigenvalue weighted by Gasteiger charge is 2.16. The number of rotatable bonds is 10. The molecule has 2 rings (SSSR count). The number of likely N-dealkylation sites (N-methyl/N-ethyl adjacent to an activating group) is 1. The van der Waals surface area contributed by atoms with Gasteiger partial charge in [-0.25, -0.2) is 0 Å². The van der Waals surface area contributed by atoms with Crippen LogP contribution in [0.1, 0.15) is 34.1 Å². The third-order valence-electron chi connectivity index (χ3n) is 4.21. The molecule has 6 nitrogen and oxygen atoms in total.